The van der Waals surface area contributed by atoms with Crippen LogP contribution in [0.1, 0.15) is 44.6 Å². The van der Waals surface area contributed by atoms with E-state index < -0.39 is 0 Å². The quantitative estimate of drug-likeness (QED) is 0.645. The van der Waals surface area contributed by atoms with E-state index in [2.05, 4.69) is 36.1 Å². The Kier molecular flexibility index (Phi) is 6.49. The summed E-state index contributed by atoms with van der Waals surface area (Å²) in [5.41, 5.74) is 1.26. The largest absolute Gasteiger partial charge is 0.375 e. The fourth-order valence-corrected chi connectivity index (χ4v) is 3.41. The van der Waals surface area contributed by atoms with Crippen LogP contribution >= 0.6 is 0 Å². The third kappa shape index (κ3) is 5.59. The lowest BCUT2D eigenvalue weighted by Gasteiger charge is -2.38. The molecule has 23 heavy (non-hydrogen) atoms. The van der Waals surface area contributed by atoms with Gasteiger partial charge in [0.05, 0.1) is 25.4 Å². The molecule has 1 aliphatic carbocycles. The average molecular weight is 317 g/mol. The molecule has 2 atom stereocenters. The number of hydrogen-bond acceptors (Lipinski definition) is 3. The van der Waals surface area contributed by atoms with Gasteiger partial charge < -0.3 is 9.47 Å². The fourth-order valence-electron chi connectivity index (χ4n) is 3.41. The van der Waals surface area contributed by atoms with E-state index in [1.165, 1.54) is 37.7 Å². The summed E-state index contributed by atoms with van der Waals surface area (Å²) in [4.78, 5) is 2.57. The third-order valence-corrected chi connectivity index (χ3v) is 4.96. The molecule has 3 rings (SSSR count). The maximum absolute atomic E-state index is 6.34. The number of morpholine rings is 1. The minimum Gasteiger partial charge on any atom is -0.375 e. The number of nitrogens with zero attached hydrogens (tertiary/aromatic N) is 1. The van der Waals surface area contributed by atoms with Crippen molar-refractivity contribution in [3.63, 3.8) is 0 Å². The van der Waals surface area contributed by atoms with Crippen molar-refractivity contribution in [2.75, 3.05) is 26.2 Å². The summed E-state index contributed by atoms with van der Waals surface area (Å²) in [5.74, 6) is 0.826. The van der Waals surface area contributed by atoms with E-state index in [1.54, 1.807) is 0 Å². The Morgan fingerprint density at radius 1 is 1.17 bits per heavy atom. The number of rotatable bonds is 9. The molecule has 3 nitrogen and oxygen atoms in total. The third-order valence-electron chi connectivity index (χ3n) is 4.96. The molecule has 0 radical (unpaired) electrons. The van der Waals surface area contributed by atoms with Crippen LogP contribution in [0.4, 0.5) is 0 Å². The Labute approximate surface area is 141 Å². The molecule has 1 saturated carbocycles. The zero-order valence-electron chi connectivity index (χ0n) is 14.5. The van der Waals surface area contributed by atoms with Gasteiger partial charge in [0, 0.05) is 19.6 Å². The second kappa shape index (κ2) is 8.81. The Morgan fingerprint density at radius 2 is 2.00 bits per heavy atom. The van der Waals surface area contributed by atoms with E-state index in [9.17, 15) is 0 Å². The van der Waals surface area contributed by atoms with Crippen LogP contribution in [0.2, 0.25) is 0 Å². The molecular formula is C20H31NO2. The first-order valence-corrected chi connectivity index (χ1v) is 9.34. The standard InChI is InChI=1S/C20H31NO2/c1-2-3-9-19-14-21(15-20(23-19)18-10-11-18)12-13-22-16-17-7-5-4-6-8-17/h4-8,18-20H,2-3,9-16H2,1H3/t19-,20-/m1/s1. The maximum atomic E-state index is 6.34. The Bertz CT molecular complexity index is 446. The number of benzene rings is 1. The molecule has 0 bridgehead atoms. The van der Waals surface area contributed by atoms with E-state index >= 15 is 0 Å². The highest BCUT2D eigenvalue weighted by Gasteiger charge is 2.37. The van der Waals surface area contributed by atoms with Crippen molar-refractivity contribution in [1.82, 2.24) is 4.90 Å². The molecular weight excluding hydrogens is 286 g/mol. The monoisotopic (exact) mass is 317 g/mol. The van der Waals surface area contributed by atoms with Gasteiger partial charge >= 0.3 is 0 Å². The fraction of sp³-hybridized carbons (Fsp3) is 0.700. The van der Waals surface area contributed by atoms with Crippen molar-refractivity contribution in [2.45, 2.75) is 57.8 Å². The van der Waals surface area contributed by atoms with E-state index in [4.69, 9.17) is 9.47 Å². The normalized spacial score (nSPS) is 25.6. The summed E-state index contributed by atoms with van der Waals surface area (Å²) in [5, 5.41) is 0. The smallest absolute Gasteiger partial charge is 0.0734 e. The van der Waals surface area contributed by atoms with Crippen LogP contribution in [-0.2, 0) is 16.1 Å². The predicted octanol–water partition coefficient (Wildman–Crippen LogP) is 3.87. The topological polar surface area (TPSA) is 21.7 Å². The molecule has 0 unspecified atom stereocenters. The molecule has 0 N–H and O–H groups in total. The van der Waals surface area contributed by atoms with E-state index in [0.717, 1.165) is 38.8 Å². The van der Waals surface area contributed by atoms with Crippen LogP contribution < -0.4 is 0 Å². The first kappa shape index (κ1) is 16.9. The van der Waals surface area contributed by atoms with Gasteiger partial charge in [-0.2, -0.15) is 0 Å². The predicted molar refractivity (Wildman–Crippen MR) is 93.4 cm³/mol. The van der Waals surface area contributed by atoms with Crippen molar-refractivity contribution < 1.29 is 9.47 Å². The number of hydrogen-bond donors (Lipinski definition) is 0. The SMILES string of the molecule is CCCC[C@@H]1CN(CCOCc2ccccc2)C[C@H](C2CC2)O1. The molecule has 1 aromatic rings. The van der Waals surface area contributed by atoms with Gasteiger partial charge in [0.2, 0.25) is 0 Å². The van der Waals surface area contributed by atoms with Gasteiger partial charge in [-0.3, -0.25) is 4.90 Å². The Hall–Kier alpha value is -0.900. The minimum atomic E-state index is 0.434. The van der Waals surface area contributed by atoms with Crippen molar-refractivity contribution in [2.24, 2.45) is 5.92 Å². The Morgan fingerprint density at radius 3 is 2.74 bits per heavy atom. The summed E-state index contributed by atoms with van der Waals surface area (Å²) in [7, 11) is 0. The highest BCUT2D eigenvalue weighted by molar-refractivity contribution is 5.13. The zero-order chi connectivity index (χ0) is 15.9. The average Bonchev–Trinajstić information content (AvgIpc) is 3.43. The molecule has 0 aromatic heterocycles. The first-order valence-electron chi connectivity index (χ1n) is 9.34. The summed E-state index contributed by atoms with van der Waals surface area (Å²) >= 11 is 0. The van der Waals surface area contributed by atoms with Gasteiger partial charge in [-0.25, -0.2) is 0 Å². The second-order valence-electron chi connectivity index (χ2n) is 7.07. The maximum Gasteiger partial charge on any atom is 0.0734 e. The summed E-state index contributed by atoms with van der Waals surface area (Å²) in [6.45, 7) is 7.00. The van der Waals surface area contributed by atoms with Crippen LogP contribution in [0, 0.1) is 5.92 Å². The molecule has 3 heteroatoms. The highest BCUT2D eigenvalue weighted by Crippen LogP contribution is 2.37. The molecule has 128 valence electrons. The molecule has 1 saturated heterocycles. The van der Waals surface area contributed by atoms with Gasteiger partial charge in [-0.15, -0.1) is 0 Å². The van der Waals surface area contributed by atoms with Crippen LogP contribution in [0.25, 0.3) is 0 Å². The summed E-state index contributed by atoms with van der Waals surface area (Å²) in [6, 6.07) is 10.4. The second-order valence-corrected chi connectivity index (χ2v) is 7.07. The summed E-state index contributed by atoms with van der Waals surface area (Å²) < 4.78 is 12.2. The minimum absolute atomic E-state index is 0.434. The zero-order valence-corrected chi connectivity index (χ0v) is 14.5. The van der Waals surface area contributed by atoms with Crippen molar-refractivity contribution >= 4 is 0 Å². The Balaban J connectivity index is 1.40. The molecule has 0 amide bonds. The van der Waals surface area contributed by atoms with Gasteiger partial charge in [-0.05, 0) is 30.7 Å². The molecule has 1 aromatic carbocycles. The van der Waals surface area contributed by atoms with E-state index in [1.807, 2.05) is 6.07 Å². The van der Waals surface area contributed by atoms with Crippen LogP contribution in [-0.4, -0.2) is 43.3 Å². The lowest BCUT2D eigenvalue weighted by Crippen LogP contribution is -2.49. The molecule has 1 heterocycles. The van der Waals surface area contributed by atoms with Crippen molar-refractivity contribution in [1.29, 1.82) is 0 Å². The van der Waals surface area contributed by atoms with E-state index in [0.29, 0.717) is 12.2 Å². The van der Waals surface area contributed by atoms with Gasteiger partial charge in [0.1, 0.15) is 0 Å². The molecule has 2 fully saturated rings. The summed E-state index contributed by atoms with van der Waals surface area (Å²) in [6.07, 6.45) is 7.38. The molecule has 2 aliphatic rings. The number of unbranched alkanes of at least 4 members (excludes halogenated alkanes) is 1. The first-order chi connectivity index (χ1) is 11.3. The molecule has 1 aliphatic heterocycles. The van der Waals surface area contributed by atoms with Gasteiger partial charge in [0.25, 0.3) is 0 Å². The van der Waals surface area contributed by atoms with Gasteiger partial charge in [0.15, 0.2) is 0 Å². The van der Waals surface area contributed by atoms with Crippen LogP contribution in [0.5, 0.6) is 0 Å². The number of ether oxygens (including phenoxy) is 2. The van der Waals surface area contributed by atoms with Crippen LogP contribution in [0.3, 0.4) is 0 Å². The van der Waals surface area contributed by atoms with E-state index in [-0.39, 0.29) is 0 Å². The van der Waals surface area contributed by atoms with Gasteiger partial charge in [-0.1, -0.05) is 50.1 Å². The van der Waals surface area contributed by atoms with Crippen molar-refractivity contribution in [3.8, 4) is 0 Å². The highest BCUT2D eigenvalue weighted by atomic mass is 16.5. The van der Waals surface area contributed by atoms with Crippen molar-refractivity contribution in [3.05, 3.63) is 35.9 Å². The molecule has 0 spiro atoms. The lowest BCUT2D eigenvalue weighted by molar-refractivity contribution is -0.101. The lowest BCUT2D eigenvalue weighted by atomic mass is 10.1. The van der Waals surface area contributed by atoms with Crippen LogP contribution in [0.15, 0.2) is 30.3 Å².